The fourth-order valence-electron chi connectivity index (χ4n) is 2.13. The number of hydrogen-bond acceptors (Lipinski definition) is 3. The van der Waals surface area contributed by atoms with Crippen LogP contribution >= 0.6 is 0 Å². The van der Waals surface area contributed by atoms with Crippen molar-refractivity contribution in [2.24, 2.45) is 11.8 Å². The molecule has 1 saturated heterocycles. The average Bonchev–Trinajstić information content (AvgIpc) is 2.72. The molecule has 0 aromatic rings. The predicted molar refractivity (Wildman–Crippen MR) is 46.9 cm³/mol. The lowest BCUT2D eigenvalue weighted by Crippen LogP contribution is -2.15. The molecule has 2 rings (SSSR count). The van der Waals surface area contributed by atoms with Crippen LogP contribution in [0.4, 0.5) is 0 Å². The van der Waals surface area contributed by atoms with Gasteiger partial charge in [0.15, 0.2) is 0 Å². The van der Waals surface area contributed by atoms with Crippen LogP contribution in [0, 0.1) is 11.8 Å². The van der Waals surface area contributed by atoms with E-state index in [1.807, 2.05) is 0 Å². The van der Waals surface area contributed by atoms with E-state index in [2.05, 4.69) is 12.2 Å². The molecule has 0 saturated carbocycles. The molecular formula is C10H14O3. The van der Waals surface area contributed by atoms with E-state index in [-0.39, 0.29) is 24.6 Å². The Bertz CT molecular complexity index is 234. The molecule has 1 aliphatic heterocycles. The largest absolute Gasteiger partial charge is 0.460 e. The molecule has 3 atom stereocenters. The van der Waals surface area contributed by atoms with Crippen molar-refractivity contribution in [1.29, 1.82) is 0 Å². The SMILES string of the molecule is O=C1OC(CO)CC1C1C=CCC1. The number of rotatable bonds is 2. The van der Waals surface area contributed by atoms with Crippen LogP contribution in [-0.2, 0) is 9.53 Å². The van der Waals surface area contributed by atoms with Gasteiger partial charge in [-0.05, 0) is 18.8 Å². The van der Waals surface area contributed by atoms with Crippen molar-refractivity contribution in [2.75, 3.05) is 6.61 Å². The predicted octanol–water partition coefficient (Wildman–Crippen LogP) is 0.877. The van der Waals surface area contributed by atoms with Crippen LogP contribution in [0.15, 0.2) is 12.2 Å². The Balaban J connectivity index is 2.00. The van der Waals surface area contributed by atoms with E-state index >= 15 is 0 Å². The number of hydrogen-bond donors (Lipinski definition) is 1. The van der Waals surface area contributed by atoms with Gasteiger partial charge >= 0.3 is 5.97 Å². The first-order chi connectivity index (χ1) is 6.31. The Morgan fingerprint density at radius 3 is 3.00 bits per heavy atom. The molecule has 0 bridgehead atoms. The fourth-order valence-corrected chi connectivity index (χ4v) is 2.13. The van der Waals surface area contributed by atoms with Gasteiger partial charge in [-0.3, -0.25) is 4.79 Å². The third-order valence-electron chi connectivity index (χ3n) is 2.87. The molecule has 2 aliphatic rings. The minimum atomic E-state index is -0.258. The molecule has 3 heteroatoms. The lowest BCUT2D eigenvalue weighted by Gasteiger charge is -2.11. The molecular weight excluding hydrogens is 168 g/mol. The number of carbonyl (C=O) groups is 1. The van der Waals surface area contributed by atoms with Crippen molar-refractivity contribution in [3.05, 3.63) is 12.2 Å². The highest BCUT2D eigenvalue weighted by atomic mass is 16.6. The van der Waals surface area contributed by atoms with Gasteiger partial charge in [-0.25, -0.2) is 0 Å². The Labute approximate surface area is 77.4 Å². The normalized spacial score (nSPS) is 38.2. The molecule has 1 heterocycles. The van der Waals surface area contributed by atoms with E-state index in [9.17, 15) is 4.79 Å². The van der Waals surface area contributed by atoms with Crippen LogP contribution in [0.3, 0.4) is 0 Å². The fraction of sp³-hybridized carbons (Fsp3) is 0.700. The number of carbonyl (C=O) groups excluding carboxylic acids is 1. The van der Waals surface area contributed by atoms with Crippen LogP contribution in [0.2, 0.25) is 0 Å². The Morgan fingerprint density at radius 1 is 1.62 bits per heavy atom. The van der Waals surface area contributed by atoms with Crippen LogP contribution in [-0.4, -0.2) is 23.8 Å². The summed E-state index contributed by atoms with van der Waals surface area (Å²) in [5.41, 5.74) is 0. The van der Waals surface area contributed by atoms with E-state index in [1.54, 1.807) is 0 Å². The molecule has 0 aromatic heterocycles. The van der Waals surface area contributed by atoms with Gasteiger partial charge in [0.25, 0.3) is 0 Å². The quantitative estimate of drug-likeness (QED) is 0.509. The molecule has 0 radical (unpaired) electrons. The Morgan fingerprint density at radius 2 is 2.46 bits per heavy atom. The molecule has 3 unspecified atom stereocenters. The molecule has 3 nitrogen and oxygen atoms in total. The number of aliphatic hydroxyl groups excluding tert-OH is 1. The summed E-state index contributed by atoms with van der Waals surface area (Å²) in [6.07, 6.45) is 6.77. The maximum atomic E-state index is 11.4. The molecule has 1 fully saturated rings. The zero-order valence-electron chi connectivity index (χ0n) is 7.48. The van der Waals surface area contributed by atoms with Gasteiger partial charge in [0.2, 0.25) is 0 Å². The lowest BCUT2D eigenvalue weighted by atomic mass is 9.89. The summed E-state index contributed by atoms with van der Waals surface area (Å²) in [5.74, 6) is 0.218. The Hall–Kier alpha value is -0.830. The van der Waals surface area contributed by atoms with Crippen LogP contribution in [0.5, 0.6) is 0 Å². The minimum Gasteiger partial charge on any atom is -0.460 e. The number of allylic oxidation sites excluding steroid dienone is 2. The first-order valence-corrected chi connectivity index (χ1v) is 4.79. The minimum absolute atomic E-state index is 0.00380. The third kappa shape index (κ3) is 1.61. The highest BCUT2D eigenvalue weighted by molar-refractivity contribution is 5.75. The lowest BCUT2D eigenvalue weighted by molar-refractivity contribution is -0.146. The van der Waals surface area contributed by atoms with Gasteiger partial charge in [0, 0.05) is 6.42 Å². The van der Waals surface area contributed by atoms with Crippen molar-refractivity contribution in [3.63, 3.8) is 0 Å². The van der Waals surface area contributed by atoms with Crippen LogP contribution in [0.25, 0.3) is 0 Å². The van der Waals surface area contributed by atoms with E-state index in [1.165, 1.54) is 0 Å². The highest BCUT2D eigenvalue weighted by Crippen LogP contribution is 2.34. The second-order valence-electron chi connectivity index (χ2n) is 3.75. The van der Waals surface area contributed by atoms with Crippen molar-refractivity contribution in [1.82, 2.24) is 0 Å². The smallest absolute Gasteiger partial charge is 0.310 e. The average molecular weight is 182 g/mol. The summed E-state index contributed by atoms with van der Waals surface area (Å²) in [5, 5.41) is 8.85. The number of aliphatic hydroxyl groups is 1. The molecule has 13 heavy (non-hydrogen) atoms. The van der Waals surface area contributed by atoms with E-state index in [4.69, 9.17) is 9.84 Å². The monoisotopic (exact) mass is 182 g/mol. The highest BCUT2D eigenvalue weighted by Gasteiger charge is 2.38. The maximum absolute atomic E-state index is 11.4. The van der Waals surface area contributed by atoms with Gasteiger partial charge in [-0.1, -0.05) is 12.2 Å². The second kappa shape index (κ2) is 3.50. The zero-order chi connectivity index (χ0) is 9.26. The standard InChI is InChI=1S/C10H14O3/c11-6-8-5-9(10(12)13-8)7-3-1-2-4-7/h1,3,7-9,11H,2,4-6H2. The van der Waals surface area contributed by atoms with E-state index in [0.717, 1.165) is 12.8 Å². The maximum Gasteiger partial charge on any atom is 0.310 e. The summed E-state index contributed by atoms with van der Waals surface area (Å²) in [6.45, 7) is -0.0430. The van der Waals surface area contributed by atoms with Gasteiger partial charge in [-0.2, -0.15) is 0 Å². The summed E-state index contributed by atoms with van der Waals surface area (Å²) in [7, 11) is 0. The second-order valence-corrected chi connectivity index (χ2v) is 3.75. The first-order valence-electron chi connectivity index (χ1n) is 4.79. The first kappa shape index (κ1) is 8.75. The van der Waals surface area contributed by atoms with E-state index < -0.39 is 0 Å². The summed E-state index contributed by atoms with van der Waals surface area (Å²) < 4.78 is 5.01. The van der Waals surface area contributed by atoms with Crippen LogP contribution in [0.1, 0.15) is 19.3 Å². The van der Waals surface area contributed by atoms with Crippen LogP contribution < -0.4 is 0 Å². The molecule has 1 aliphatic carbocycles. The summed E-state index contributed by atoms with van der Waals surface area (Å²) in [6, 6.07) is 0. The molecule has 0 aromatic carbocycles. The number of esters is 1. The van der Waals surface area contributed by atoms with Crippen molar-refractivity contribution >= 4 is 5.97 Å². The topological polar surface area (TPSA) is 46.5 Å². The molecule has 0 amide bonds. The van der Waals surface area contributed by atoms with Gasteiger partial charge in [-0.15, -0.1) is 0 Å². The van der Waals surface area contributed by atoms with Gasteiger partial charge in [0.05, 0.1) is 12.5 Å². The Kier molecular flexibility index (Phi) is 2.36. The van der Waals surface area contributed by atoms with E-state index in [0.29, 0.717) is 12.3 Å². The number of cyclic esters (lactones) is 1. The third-order valence-corrected chi connectivity index (χ3v) is 2.87. The molecule has 1 N–H and O–H groups in total. The summed E-state index contributed by atoms with van der Waals surface area (Å²) in [4.78, 5) is 11.4. The van der Waals surface area contributed by atoms with Gasteiger partial charge in [0.1, 0.15) is 6.10 Å². The van der Waals surface area contributed by atoms with Crippen molar-refractivity contribution in [2.45, 2.75) is 25.4 Å². The summed E-state index contributed by atoms with van der Waals surface area (Å²) >= 11 is 0. The number of ether oxygens (including phenoxy) is 1. The molecule has 72 valence electrons. The van der Waals surface area contributed by atoms with Crippen molar-refractivity contribution in [3.8, 4) is 0 Å². The zero-order valence-corrected chi connectivity index (χ0v) is 7.48. The van der Waals surface area contributed by atoms with Crippen molar-refractivity contribution < 1.29 is 14.6 Å². The van der Waals surface area contributed by atoms with Gasteiger partial charge < -0.3 is 9.84 Å². The molecule has 0 spiro atoms.